The molecular weight excluding hydrogens is 268 g/mol. The fourth-order valence-electron chi connectivity index (χ4n) is 2.04. The fourth-order valence-corrected chi connectivity index (χ4v) is 2.04. The van der Waals surface area contributed by atoms with Gasteiger partial charge in [-0.05, 0) is 36.6 Å². The Kier molecular flexibility index (Phi) is 4.66. The van der Waals surface area contributed by atoms with Crippen molar-refractivity contribution in [3.63, 3.8) is 0 Å². The number of carbonyl (C=O) groups excluding carboxylic acids is 1. The number of hydrogen-bond acceptors (Lipinski definition) is 3. The monoisotopic (exact) mass is 284 g/mol. The maximum atomic E-state index is 11.9. The molecule has 0 aliphatic carbocycles. The van der Waals surface area contributed by atoms with Crippen LogP contribution < -0.4 is 5.32 Å². The van der Waals surface area contributed by atoms with E-state index >= 15 is 0 Å². The third kappa shape index (κ3) is 3.89. The van der Waals surface area contributed by atoms with E-state index in [-0.39, 0.29) is 11.5 Å². The Balaban J connectivity index is 1.96. The van der Waals surface area contributed by atoms with Crippen LogP contribution >= 0.6 is 0 Å². The van der Waals surface area contributed by atoms with E-state index in [0.717, 1.165) is 5.56 Å². The molecule has 5 heteroatoms. The molecule has 5 nitrogen and oxygen atoms in total. The first-order valence-electron chi connectivity index (χ1n) is 6.59. The molecule has 1 amide bonds. The summed E-state index contributed by atoms with van der Waals surface area (Å²) in [5, 5.41) is 11.9. The number of carbonyl (C=O) groups is 2. The van der Waals surface area contributed by atoms with Crippen molar-refractivity contribution in [2.75, 3.05) is 6.54 Å². The zero-order valence-corrected chi connectivity index (χ0v) is 11.7. The predicted molar refractivity (Wildman–Crippen MR) is 78.4 cm³/mol. The van der Waals surface area contributed by atoms with Gasteiger partial charge in [-0.2, -0.15) is 0 Å². The fraction of sp³-hybridized carbons (Fsp3) is 0.188. The Labute approximate surface area is 122 Å². The molecule has 2 aromatic rings. The van der Waals surface area contributed by atoms with Gasteiger partial charge in [0.25, 0.3) is 5.91 Å². The van der Waals surface area contributed by atoms with Crippen LogP contribution in [0.3, 0.4) is 0 Å². The number of benzene rings is 1. The average molecular weight is 284 g/mol. The topological polar surface area (TPSA) is 79.3 Å². The van der Waals surface area contributed by atoms with E-state index in [1.807, 2.05) is 6.92 Å². The van der Waals surface area contributed by atoms with Crippen LogP contribution in [-0.4, -0.2) is 28.5 Å². The summed E-state index contributed by atoms with van der Waals surface area (Å²) in [5.41, 5.74) is 2.39. The summed E-state index contributed by atoms with van der Waals surface area (Å²) in [4.78, 5) is 27.0. The summed E-state index contributed by atoms with van der Waals surface area (Å²) in [6, 6.07) is 8.54. The quantitative estimate of drug-likeness (QED) is 0.880. The lowest BCUT2D eigenvalue weighted by Gasteiger charge is -2.08. The van der Waals surface area contributed by atoms with Gasteiger partial charge >= 0.3 is 5.97 Å². The normalized spacial score (nSPS) is 10.1. The highest BCUT2D eigenvalue weighted by atomic mass is 16.4. The summed E-state index contributed by atoms with van der Waals surface area (Å²) >= 11 is 0. The van der Waals surface area contributed by atoms with Crippen LogP contribution in [0.1, 0.15) is 31.8 Å². The van der Waals surface area contributed by atoms with Gasteiger partial charge in [-0.1, -0.05) is 18.2 Å². The second kappa shape index (κ2) is 6.65. The number of carboxylic acids is 1. The van der Waals surface area contributed by atoms with Crippen molar-refractivity contribution in [3.05, 3.63) is 65.0 Å². The van der Waals surface area contributed by atoms with Gasteiger partial charge in [0, 0.05) is 18.9 Å². The molecule has 1 aromatic carbocycles. The number of nitrogens with one attached hydrogen (secondary N) is 1. The van der Waals surface area contributed by atoms with E-state index in [0.29, 0.717) is 24.1 Å². The van der Waals surface area contributed by atoms with E-state index in [2.05, 4.69) is 10.3 Å². The first-order chi connectivity index (χ1) is 10.1. The zero-order chi connectivity index (χ0) is 15.2. The van der Waals surface area contributed by atoms with E-state index < -0.39 is 5.97 Å². The summed E-state index contributed by atoms with van der Waals surface area (Å²) in [7, 11) is 0. The molecule has 0 aliphatic heterocycles. The molecule has 1 aromatic heterocycles. The molecule has 0 radical (unpaired) electrons. The van der Waals surface area contributed by atoms with Crippen molar-refractivity contribution < 1.29 is 14.7 Å². The number of carboxylic acid groups (broad SMARTS) is 1. The molecule has 2 N–H and O–H groups in total. The van der Waals surface area contributed by atoms with Gasteiger partial charge in [-0.25, -0.2) is 4.79 Å². The largest absolute Gasteiger partial charge is 0.478 e. The van der Waals surface area contributed by atoms with E-state index in [9.17, 15) is 9.59 Å². The SMILES string of the molecule is Cc1cncc(C(=O)NCCc2ccccc2C(=O)O)c1. The molecule has 0 spiro atoms. The Morgan fingerprint density at radius 1 is 1.24 bits per heavy atom. The number of nitrogens with zero attached hydrogens (tertiary/aromatic N) is 1. The molecule has 0 bridgehead atoms. The Morgan fingerprint density at radius 3 is 2.71 bits per heavy atom. The first-order valence-corrected chi connectivity index (χ1v) is 6.59. The number of pyridine rings is 1. The molecule has 0 unspecified atom stereocenters. The molecule has 2 rings (SSSR count). The standard InChI is InChI=1S/C16H16N2O3/c1-11-8-13(10-17-9-11)15(19)18-7-6-12-4-2-3-5-14(12)16(20)21/h2-5,8-10H,6-7H2,1H3,(H,18,19)(H,20,21). The van der Waals surface area contributed by atoms with Gasteiger partial charge < -0.3 is 10.4 Å². The van der Waals surface area contributed by atoms with Crippen LogP contribution in [0.5, 0.6) is 0 Å². The third-order valence-electron chi connectivity index (χ3n) is 3.06. The van der Waals surface area contributed by atoms with Crippen LogP contribution in [0.4, 0.5) is 0 Å². The summed E-state index contributed by atoms with van der Waals surface area (Å²) in [5.74, 6) is -1.17. The van der Waals surface area contributed by atoms with E-state index in [1.54, 1.807) is 36.5 Å². The predicted octanol–water partition coefficient (Wildman–Crippen LogP) is 2.06. The van der Waals surface area contributed by atoms with Crippen LogP contribution in [0, 0.1) is 6.92 Å². The summed E-state index contributed by atoms with van der Waals surface area (Å²) < 4.78 is 0. The number of aryl methyl sites for hydroxylation is 1. The number of aromatic carboxylic acids is 1. The zero-order valence-electron chi connectivity index (χ0n) is 11.7. The molecular formula is C16H16N2O3. The Morgan fingerprint density at radius 2 is 2.00 bits per heavy atom. The third-order valence-corrected chi connectivity index (χ3v) is 3.06. The second-order valence-corrected chi connectivity index (χ2v) is 4.72. The minimum absolute atomic E-state index is 0.209. The number of hydrogen-bond donors (Lipinski definition) is 2. The highest BCUT2D eigenvalue weighted by molar-refractivity contribution is 5.94. The van der Waals surface area contributed by atoms with E-state index in [4.69, 9.17) is 5.11 Å². The maximum Gasteiger partial charge on any atom is 0.335 e. The molecule has 0 atom stereocenters. The van der Waals surface area contributed by atoms with Crippen LogP contribution in [0.2, 0.25) is 0 Å². The van der Waals surface area contributed by atoms with E-state index in [1.165, 1.54) is 6.20 Å². The Hall–Kier alpha value is -2.69. The highest BCUT2D eigenvalue weighted by Gasteiger charge is 2.10. The van der Waals surface area contributed by atoms with Crippen LogP contribution in [0.25, 0.3) is 0 Å². The van der Waals surface area contributed by atoms with Crippen LogP contribution in [-0.2, 0) is 6.42 Å². The van der Waals surface area contributed by atoms with Crippen molar-refractivity contribution in [3.8, 4) is 0 Å². The molecule has 0 saturated carbocycles. The highest BCUT2D eigenvalue weighted by Crippen LogP contribution is 2.09. The van der Waals surface area contributed by atoms with Gasteiger partial charge in [0.05, 0.1) is 11.1 Å². The minimum atomic E-state index is -0.959. The first kappa shape index (κ1) is 14.7. The van der Waals surface area contributed by atoms with Gasteiger partial charge in [-0.3, -0.25) is 9.78 Å². The number of aromatic nitrogens is 1. The number of amides is 1. The molecule has 108 valence electrons. The average Bonchev–Trinajstić information content (AvgIpc) is 2.47. The van der Waals surface area contributed by atoms with Gasteiger partial charge in [0.2, 0.25) is 0 Å². The lowest BCUT2D eigenvalue weighted by molar-refractivity contribution is 0.0695. The molecule has 0 aliphatic rings. The second-order valence-electron chi connectivity index (χ2n) is 4.72. The smallest absolute Gasteiger partial charge is 0.335 e. The van der Waals surface area contributed by atoms with Gasteiger partial charge in [0.1, 0.15) is 0 Å². The molecule has 0 saturated heterocycles. The van der Waals surface area contributed by atoms with Crippen molar-refractivity contribution in [2.45, 2.75) is 13.3 Å². The Bertz CT molecular complexity index is 668. The van der Waals surface area contributed by atoms with Crippen LogP contribution in [0.15, 0.2) is 42.7 Å². The summed E-state index contributed by atoms with van der Waals surface area (Å²) in [6.07, 6.45) is 3.65. The van der Waals surface area contributed by atoms with Crippen molar-refractivity contribution in [1.82, 2.24) is 10.3 Å². The lowest BCUT2D eigenvalue weighted by Crippen LogP contribution is -2.26. The number of rotatable bonds is 5. The van der Waals surface area contributed by atoms with Crippen molar-refractivity contribution >= 4 is 11.9 Å². The summed E-state index contributed by atoms with van der Waals surface area (Å²) in [6.45, 7) is 2.24. The molecule has 1 heterocycles. The van der Waals surface area contributed by atoms with Gasteiger partial charge in [0.15, 0.2) is 0 Å². The molecule has 0 fully saturated rings. The minimum Gasteiger partial charge on any atom is -0.478 e. The van der Waals surface area contributed by atoms with Crippen molar-refractivity contribution in [1.29, 1.82) is 0 Å². The van der Waals surface area contributed by atoms with Crippen molar-refractivity contribution in [2.24, 2.45) is 0 Å². The maximum absolute atomic E-state index is 11.9. The lowest BCUT2D eigenvalue weighted by atomic mass is 10.0. The van der Waals surface area contributed by atoms with Gasteiger partial charge in [-0.15, -0.1) is 0 Å². The molecule has 21 heavy (non-hydrogen) atoms.